The molecule has 0 bridgehead atoms. The first-order valence-electron chi connectivity index (χ1n) is 9.60. The number of halogens is 2. The Kier molecular flexibility index (Phi) is 6.35. The van der Waals surface area contributed by atoms with Gasteiger partial charge in [0, 0.05) is 38.0 Å². The maximum atomic E-state index is 12.8. The second-order valence-electron chi connectivity index (χ2n) is 7.18. The highest BCUT2D eigenvalue weighted by molar-refractivity contribution is 9.11. The van der Waals surface area contributed by atoms with Gasteiger partial charge in [-0.15, -0.1) is 0 Å². The summed E-state index contributed by atoms with van der Waals surface area (Å²) in [6, 6.07) is 11.9. The van der Waals surface area contributed by atoms with Crippen molar-refractivity contribution in [3.63, 3.8) is 0 Å². The Morgan fingerprint density at radius 3 is 2.77 bits per heavy atom. The van der Waals surface area contributed by atoms with Gasteiger partial charge in [0.05, 0.1) is 5.92 Å². The van der Waals surface area contributed by atoms with Gasteiger partial charge in [0.25, 0.3) is 0 Å². The van der Waals surface area contributed by atoms with E-state index < -0.39 is 0 Å². The molecule has 0 fully saturated rings. The van der Waals surface area contributed by atoms with Crippen molar-refractivity contribution in [3.05, 3.63) is 92.9 Å². The number of fused-ring (bicyclic) bond motifs is 1. The number of ether oxygens (including phenoxy) is 1. The molecular formula is C24H20Br2N2O2. The number of anilines is 1. The zero-order chi connectivity index (χ0) is 21.1. The van der Waals surface area contributed by atoms with Crippen LogP contribution in [0.1, 0.15) is 17.5 Å². The highest BCUT2D eigenvalue weighted by Crippen LogP contribution is 2.30. The Balaban J connectivity index is 1.45. The molecule has 1 aliphatic rings. The van der Waals surface area contributed by atoms with Crippen molar-refractivity contribution < 1.29 is 9.53 Å². The van der Waals surface area contributed by atoms with Crippen LogP contribution in [0.25, 0.3) is 10.8 Å². The summed E-state index contributed by atoms with van der Waals surface area (Å²) in [6.07, 6.45) is 10.1. The third kappa shape index (κ3) is 4.65. The summed E-state index contributed by atoms with van der Waals surface area (Å²) < 4.78 is 7.89. The van der Waals surface area contributed by atoms with Crippen LogP contribution >= 0.6 is 31.9 Å². The van der Waals surface area contributed by atoms with E-state index in [1.54, 1.807) is 0 Å². The van der Waals surface area contributed by atoms with Crippen LogP contribution in [0.5, 0.6) is 0 Å². The molecule has 1 aliphatic carbocycles. The van der Waals surface area contributed by atoms with Gasteiger partial charge in [0.2, 0.25) is 5.91 Å². The minimum Gasteiger partial charge on any atom is -0.489 e. The van der Waals surface area contributed by atoms with E-state index in [9.17, 15) is 4.79 Å². The molecule has 1 amide bonds. The SMILES string of the molecule is Cc1c(Br)cc(NC(=O)C2C=C(OCc3cncc4ccccc34)C=CC2)cc1Br. The van der Waals surface area contributed by atoms with Crippen molar-refractivity contribution in [1.82, 2.24) is 4.98 Å². The number of nitrogens with zero attached hydrogens (tertiary/aromatic N) is 1. The van der Waals surface area contributed by atoms with E-state index in [2.05, 4.69) is 48.2 Å². The number of aromatic nitrogens is 1. The Labute approximate surface area is 192 Å². The van der Waals surface area contributed by atoms with Crippen LogP contribution in [-0.4, -0.2) is 10.9 Å². The maximum Gasteiger partial charge on any atom is 0.231 e. The summed E-state index contributed by atoms with van der Waals surface area (Å²) in [5.74, 6) is 0.352. The van der Waals surface area contributed by atoms with Crippen LogP contribution < -0.4 is 5.32 Å². The van der Waals surface area contributed by atoms with E-state index in [0.29, 0.717) is 18.8 Å². The van der Waals surface area contributed by atoms with Gasteiger partial charge in [-0.3, -0.25) is 9.78 Å². The lowest BCUT2D eigenvalue weighted by molar-refractivity contribution is -0.118. The normalized spacial score (nSPS) is 15.7. The molecule has 30 heavy (non-hydrogen) atoms. The summed E-state index contributed by atoms with van der Waals surface area (Å²) in [6.45, 7) is 2.40. The lowest BCUT2D eigenvalue weighted by atomic mass is 9.99. The Hall–Kier alpha value is -2.44. The van der Waals surface area contributed by atoms with Crippen molar-refractivity contribution in [1.29, 1.82) is 0 Å². The van der Waals surface area contributed by atoms with Crippen molar-refractivity contribution in [2.75, 3.05) is 5.32 Å². The number of rotatable bonds is 5. The number of nitrogens with one attached hydrogen (secondary N) is 1. The summed E-state index contributed by atoms with van der Waals surface area (Å²) in [5, 5.41) is 5.20. The van der Waals surface area contributed by atoms with Crippen LogP contribution in [-0.2, 0) is 16.1 Å². The minimum atomic E-state index is -0.283. The Morgan fingerprint density at radius 1 is 1.20 bits per heavy atom. The Bertz CT molecular complexity index is 1140. The highest BCUT2D eigenvalue weighted by Gasteiger charge is 2.19. The molecule has 152 valence electrons. The number of carbonyl (C=O) groups excluding carboxylic acids is 1. The molecule has 6 heteroatoms. The van der Waals surface area contributed by atoms with Gasteiger partial charge in [-0.25, -0.2) is 0 Å². The van der Waals surface area contributed by atoms with Crippen molar-refractivity contribution in [2.24, 2.45) is 5.92 Å². The summed E-state index contributed by atoms with van der Waals surface area (Å²) in [7, 11) is 0. The van der Waals surface area contributed by atoms with Gasteiger partial charge in [-0.2, -0.15) is 0 Å². The number of hydrogen-bond acceptors (Lipinski definition) is 3. The van der Waals surface area contributed by atoms with E-state index in [4.69, 9.17) is 4.74 Å². The predicted molar refractivity (Wildman–Crippen MR) is 127 cm³/mol. The zero-order valence-electron chi connectivity index (χ0n) is 16.4. The van der Waals surface area contributed by atoms with Gasteiger partial charge in [-0.05, 0) is 48.6 Å². The standard InChI is InChI=1S/C24H20Br2N2O2/c1-15-22(25)10-19(11-23(15)26)28-24(29)16-6-4-7-20(9-16)30-14-18-13-27-12-17-5-2-3-8-21(17)18/h2-5,7-13,16H,6,14H2,1H3,(H,28,29). The maximum absolute atomic E-state index is 12.8. The first-order chi connectivity index (χ1) is 14.5. The molecule has 0 saturated heterocycles. The molecule has 0 aliphatic heterocycles. The van der Waals surface area contributed by atoms with Gasteiger partial charge in [0.15, 0.2) is 0 Å². The van der Waals surface area contributed by atoms with Gasteiger partial charge < -0.3 is 10.1 Å². The number of hydrogen-bond donors (Lipinski definition) is 1. The van der Waals surface area contributed by atoms with Crippen LogP contribution in [0.2, 0.25) is 0 Å². The van der Waals surface area contributed by atoms with Gasteiger partial charge >= 0.3 is 0 Å². The summed E-state index contributed by atoms with van der Waals surface area (Å²) >= 11 is 7.05. The quantitative estimate of drug-likeness (QED) is 0.402. The lowest BCUT2D eigenvalue weighted by Gasteiger charge is -2.18. The van der Waals surface area contributed by atoms with E-state index in [0.717, 1.165) is 36.5 Å². The van der Waals surface area contributed by atoms with Crippen LogP contribution in [0.15, 0.2) is 81.7 Å². The molecule has 1 unspecified atom stereocenters. The number of allylic oxidation sites excluding steroid dienone is 2. The van der Waals surface area contributed by atoms with Crippen molar-refractivity contribution in [3.8, 4) is 0 Å². The fourth-order valence-electron chi connectivity index (χ4n) is 3.34. The average molecular weight is 528 g/mol. The third-order valence-electron chi connectivity index (χ3n) is 5.07. The van der Waals surface area contributed by atoms with E-state index >= 15 is 0 Å². The van der Waals surface area contributed by atoms with Crippen LogP contribution in [0.4, 0.5) is 5.69 Å². The fraction of sp³-hybridized carbons (Fsp3) is 0.167. The highest BCUT2D eigenvalue weighted by atomic mass is 79.9. The summed E-state index contributed by atoms with van der Waals surface area (Å²) in [5.41, 5.74) is 2.85. The monoisotopic (exact) mass is 526 g/mol. The van der Waals surface area contributed by atoms with Gasteiger partial charge in [-0.1, -0.05) is 62.2 Å². The molecular weight excluding hydrogens is 508 g/mol. The molecule has 1 heterocycles. The molecule has 4 nitrogen and oxygen atoms in total. The molecule has 1 N–H and O–H groups in total. The molecule has 0 saturated carbocycles. The number of carbonyl (C=O) groups is 1. The van der Waals surface area contributed by atoms with Crippen LogP contribution in [0.3, 0.4) is 0 Å². The zero-order valence-corrected chi connectivity index (χ0v) is 19.5. The van der Waals surface area contributed by atoms with E-state index in [1.807, 2.05) is 67.9 Å². The topological polar surface area (TPSA) is 51.2 Å². The molecule has 4 rings (SSSR count). The smallest absolute Gasteiger partial charge is 0.231 e. The molecule has 0 spiro atoms. The Morgan fingerprint density at radius 2 is 1.97 bits per heavy atom. The van der Waals surface area contributed by atoms with Crippen molar-refractivity contribution >= 4 is 54.2 Å². The lowest BCUT2D eigenvalue weighted by Crippen LogP contribution is -2.22. The predicted octanol–water partition coefficient (Wildman–Crippen LogP) is 6.68. The van der Waals surface area contributed by atoms with Crippen LogP contribution in [0, 0.1) is 12.8 Å². The van der Waals surface area contributed by atoms with Crippen molar-refractivity contribution in [2.45, 2.75) is 20.0 Å². The first-order valence-corrected chi connectivity index (χ1v) is 11.2. The largest absolute Gasteiger partial charge is 0.489 e. The number of benzene rings is 2. The number of pyridine rings is 1. The summed E-state index contributed by atoms with van der Waals surface area (Å²) in [4.78, 5) is 17.1. The van der Waals surface area contributed by atoms with E-state index in [1.165, 1.54) is 0 Å². The number of amides is 1. The fourth-order valence-corrected chi connectivity index (χ4v) is 4.53. The molecule has 0 radical (unpaired) electrons. The molecule has 3 aromatic rings. The van der Waals surface area contributed by atoms with Gasteiger partial charge in [0.1, 0.15) is 12.4 Å². The average Bonchev–Trinajstić information content (AvgIpc) is 2.76. The van der Waals surface area contributed by atoms with E-state index in [-0.39, 0.29) is 11.8 Å². The molecule has 1 aromatic heterocycles. The second kappa shape index (κ2) is 9.14. The second-order valence-corrected chi connectivity index (χ2v) is 8.88. The molecule has 1 atom stereocenters. The third-order valence-corrected chi connectivity index (χ3v) is 6.72. The molecule has 2 aromatic carbocycles. The first kappa shape index (κ1) is 20.8. The minimum absolute atomic E-state index is 0.0602.